The molecule has 0 spiro atoms. The average Bonchev–Trinajstić information content (AvgIpc) is 2.11. The zero-order chi connectivity index (χ0) is 11.6. The minimum Gasteiger partial charge on any atom is -0.325 e. The van der Waals surface area contributed by atoms with Gasteiger partial charge in [-0.15, -0.1) is 0 Å². The Balaban J connectivity index is 2.91. The van der Waals surface area contributed by atoms with Crippen LogP contribution in [0.3, 0.4) is 0 Å². The SMILES string of the molecule is Cc1cccc(NC(=O)C(C)(C)Br)c1C. The minimum atomic E-state index is -0.539. The minimum absolute atomic E-state index is 0.0313. The molecule has 3 heteroatoms. The molecule has 0 atom stereocenters. The molecule has 0 aromatic heterocycles. The van der Waals surface area contributed by atoms with Crippen molar-refractivity contribution >= 4 is 27.5 Å². The number of benzene rings is 1. The number of rotatable bonds is 2. The molecule has 0 aliphatic heterocycles. The van der Waals surface area contributed by atoms with Crippen LogP contribution in [0.2, 0.25) is 0 Å². The first kappa shape index (κ1) is 12.2. The third-order valence-electron chi connectivity index (χ3n) is 2.39. The topological polar surface area (TPSA) is 29.1 Å². The molecule has 0 saturated heterocycles. The van der Waals surface area contributed by atoms with Crippen molar-refractivity contribution < 1.29 is 4.79 Å². The molecule has 0 aliphatic rings. The van der Waals surface area contributed by atoms with Crippen molar-refractivity contribution in [3.8, 4) is 0 Å². The third kappa shape index (κ3) is 3.06. The van der Waals surface area contributed by atoms with Crippen LogP contribution in [0.15, 0.2) is 18.2 Å². The van der Waals surface area contributed by atoms with Gasteiger partial charge in [-0.05, 0) is 44.9 Å². The maximum Gasteiger partial charge on any atom is 0.240 e. The summed E-state index contributed by atoms with van der Waals surface area (Å²) in [6, 6.07) is 5.89. The highest BCUT2D eigenvalue weighted by atomic mass is 79.9. The standard InChI is InChI=1S/C12H16BrNO/c1-8-6-5-7-10(9(8)2)14-11(15)12(3,4)13/h5-7H,1-4H3,(H,14,15). The molecule has 0 saturated carbocycles. The molecule has 82 valence electrons. The number of aryl methyl sites for hydroxylation is 1. The van der Waals surface area contributed by atoms with Gasteiger partial charge in [-0.3, -0.25) is 4.79 Å². The summed E-state index contributed by atoms with van der Waals surface area (Å²) in [5.41, 5.74) is 3.18. The molecule has 1 aromatic carbocycles. The van der Waals surface area contributed by atoms with Gasteiger partial charge >= 0.3 is 0 Å². The first-order valence-electron chi connectivity index (χ1n) is 4.89. The van der Waals surface area contributed by atoms with Gasteiger partial charge in [-0.1, -0.05) is 28.1 Å². The summed E-state index contributed by atoms with van der Waals surface area (Å²) in [7, 11) is 0. The summed E-state index contributed by atoms with van der Waals surface area (Å²) in [6.45, 7) is 7.69. The Bertz CT molecular complexity index is 380. The van der Waals surface area contributed by atoms with Crippen LogP contribution in [0, 0.1) is 13.8 Å². The summed E-state index contributed by atoms with van der Waals surface area (Å²) in [5.74, 6) is -0.0313. The quantitative estimate of drug-likeness (QED) is 0.820. The summed E-state index contributed by atoms with van der Waals surface area (Å²) in [6.07, 6.45) is 0. The molecular formula is C12H16BrNO. The predicted molar refractivity (Wildman–Crippen MR) is 67.6 cm³/mol. The third-order valence-corrected chi connectivity index (χ3v) is 2.75. The summed E-state index contributed by atoms with van der Waals surface area (Å²) in [4.78, 5) is 11.7. The zero-order valence-corrected chi connectivity index (χ0v) is 11.1. The fraction of sp³-hybridized carbons (Fsp3) is 0.417. The van der Waals surface area contributed by atoms with Crippen molar-refractivity contribution in [2.24, 2.45) is 0 Å². The molecule has 0 unspecified atom stereocenters. The Labute approximate surface area is 99.2 Å². The monoisotopic (exact) mass is 269 g/mol. The summed E-state index contributed by atoms with van der Waals surface area (Å²) in [5, 5.41) is 2.91. The number of anilines is 1. The van der Waals surface area contributed by atoms with E-state index in [1.807, 2.05) is 45.9 Å². The number of carbonyl (C=O) groups is 1. The van der Waals surface area contributed by atoms with E-state index in [0.717, 1.165) is 11.3 Å². The summed E-state index contributed by atoms with van der Waals surface area (Å²) >= 11 is 3.33. The fourth-order valence-electron chi connectivity index (χ4n) is 1.16. The molecule has 1 aromatic rings. The second-order valence-electron chi connectivity index (χ2n) is 4.17. The number of halogens is 1. The molecule has 0 radical (unpaired) electrons. The highest BCUT2D eigenvalue weighted by Crippen LogP contribution is 2.22. The van der Waals surface area contributed by atoms with E-state index in [-0.39, 0.29) is 5.91 Å². The second kappa shape index (κ2) is 4.35. The lowest BCUT2D eigenvalue weighted by Crippen LogP contribution is -2.31. The van der Waals surface area contributed by atoms with E-state index in [1.165, 1.54) is 5.56 Å². The number of amides is 1. The molecule has 2 nitrogen and oxygen atoms in total. The maximum absolute atomic E-state index is 11.7. The van der Waals surface area contributed by atoms with E-state index in [9.17, 15) is 4.79 Å². The van der Waals surface area contributed by atoms with Gasteiger partial charge in [0.1, 0.15) is 0 Å². The lowest BCUT2D eigenvalue weighted by molar-refractivity contribution is -0.117. The maximum atomic E-state index is 11.7. The van der Waals surface area contributed by atoms with Crippen molar-refractivity contribution in [3.63, 3.8) is 0 Å². The van der Waals surface area contributed by atoms with E-state index >= 15 is 0 Å². The van der Waals surface area contributed by atoms with Crippen LogP contribution >= 0.6 is 15.9 Å². The highest BCUT2D eigenvalue weighted by molar-refractivity contribution is 9.10. The van der Waals surface area contributed by atoms with Crippen molar-refractivity contribution in [3.05, 3.63) is 29.3 Å². The first-order chi connectivity index (χ1) is 6.82. The van der Waals surface area contributed by atoms with Crippen LogP contribution in [0.4, 0.5) is 5.69 Å². The normalized spacial score (nSPS) is 11.3. The lowest BCUT2D eigenvalue weighted by atomic mass is 10.1. The molecule has 0 fully saturated rings. The Morgan fingerprint density at radius 2 is 1.93 bits per heavy atom. The fourth-order valence-corrected chi connectivity index (χ4v) is 1.26. The van der Waals surface area contributed by atoms with Crippen LogP contribution in [0.1, 0.15) is 25.0 Å². The Morgan fingerprint density at radius 1 is 1.33 bits per heavy atom. The first-order valence-corrected chi connectivity index (χ1v) is 5.68. The van der Waals surface area contributed by atoms with Gasteiger partial charge < -0.3 is 5.32 Å². The molecule has 0 aliphatic carbocycles. The van der Waals surface area contributed by atoms with E-state index in [4.69, 9.17) is 0 Å². The molecule has 1 rings (SSSR count). The number of alkyl halides is 1. The van der Waals surface area contributed by atoms with E-state index in [2.05, 4.69) is 21.2 Å². The van der Waals surface area contributed by atoms with Gasteiger partial charge in [0.05, 0.1) is 4.32 Å². The van der Waals surface area contributed by atoms with Crippen LogP contribution < -0.4 is 5.32 Å². The molecule has 0 bridgehead atoms. The van der Waals surface area contributed by atoms with Gasteiger partial charge in [0.2, 0.25) is 5.91 Å². The second-order valence-corrected chi connectivity index (χ2v) is 6.16. The zero-order valence-electron chi connectivity index (χ0n) is 9.52. The number of nitrogens with one attached hydrogen (secondary N) is 1. The summed E-state index contributed by atoms with van der Waals surface area (Å²) < 4.78 is -0.539. The van der Waals surface area contributed by atoms with Crippen LogP contribution in [-0.2, 0) is 4.79 Å². The van der Waals surface area contributed by atoms with E-state index in [1.54, 1.807) is 0 Å². The van der Waals surface area contributed by atoms with Gasteiger partial charge in [-0.2, -0.15) is 0 Å². The Morgan fingerprint density at radius 3 is 2.47 bits per heavy atom. The van der Waals surface area contributed by atoms with Crippen molar-refractivity contribution in [2.75, 3.05) is 5.32 Å². The van der Waals surface area contributed by atoms with Crippen molar-refractivity contribution in [2.45, 2.75) is 32.0 Å². The van der Waals surface area contributed by atoms with Crippen molar-refractivity contribution in [1.29, 1.82) is 0 Å². The van der Waals surface area contributed by atoms with Gasteiger partial charge in [0, 0.05) is 5.69 Å². The molecule has 0 heterocycles. The van der Waals surface area contributed by atoms with E-state index < -0.39 is 4.32 Å². The molecule has 15 heavy (non-hydrogen) atoms. The molecule has 1 N–H and O–H groups in total. The largest absolute Gasteiger partial charge is 0.325 e. The number of hydrogen-bond donors (Lipinski definition) is 1. The highest BCUT2D eigenvalue weighted by Gasteiger charge is 2.23. The van der Waals surface area contributed by atoms with Crippen LogP contribution in [0.5, 0.6) is 0 Å². The lowest BCUT2D eigenvalue weighted by Gasteiger charge is -2.17. The van der Waals surface area contributed by atoms with Gasteiger partial charge in [0.25, 0.3) is 0 Å². The molecule has 1 amide bonds. The van der Waals surface area contributed by atoms with Crippen LogP contribution in [-0.4, -0.2) is 10.2 Å². The smallest absolute Gasteiger partial charge is 0.240 e. The Hall–Kier alpha value is -0.830. The van der Waals surface area contributed by atoms with E-state index in [0.29, 0.717) is 0 Å². The predicted octanol–water partition coefficient (Wildman–Crippen LogP) is 3.42. The number of hydrogen-bond acceptors (Lipinski definition) is 1. The van der Waals surface area contributed by atoms with Crippen LogP contribution in [0.25, 0.3) is 0 Å². The van der Waals surface area contributed by atoms with Gasteiger partial charge in [-0.25, -0.2) is 0 Å². The average molecular weight is 270 g/mol. The Kier molecular flexibility index (Phi) is 3.55. The molecular weight excluding hydrogens is 254 g/mol. The van der Waals surface area contributed by atoms with Crippen molar-refractivity contribution in [1.82, 2.24) is 0 Å². The van der Waals surface area contributed by atoms with Gasteiger partial charge in [0.15, 0.2) is 0 Å². The number of carbonyl (C=O) groups excluding carboxylic acids is 1.